The first kappa shape index (κ1) is 39.2. The largest absolute Gasteiger partial charge is 0.486 e. The molecule has 0 saturated heterocycles. The lowest BCUT2D eigenvalue weighted by atomic mass is 10.0. The smallest absolute Gasteiger partial charge is 0.274 e. The fourth-order valence-corrected chi connectivity index (χ4v) is 6.14. The number of aromatic nitrogens is 2. The van der Waals surface area contributed by atoms with E-state index in [1.807, 2.05) is 0 Å². The van der Waals surface area contributed by atoms with Gasteiger partial charge in [-0.15, -0.1) is 0 Å². The van der Waals surface area contributed by atoms with Crippen molar-refractivity contribution < 1.29 is 31.1 Å². The van der Waals surface area contributed by atoms with Crippen molar-refractivity contribution in [1.29, 1.82) is 0 Å². The molecule has 268 valence electrons. The zero-order chi connectivity index (χ0) is 36.5. The molecule has 0 atom stereocenters. The van der Waals surface area contributed by atoms with Crippen LogP contribution in [-0.2, 0) is 39.7 Å². The van der Waals surface area contributed by atoms with Gasteiger partial charge in [-0.2, -0.15) is 0 Å². The molecule has 0 fully saturated rings. The average Bonchev–Trinajstić information content (AvgIpc) is 3.05. The van der Waals surface area contributed by atoms with Crippen molar-refractivity contribution >= 4 is 66.4 Å². The predicted octanol–water partition coefficient (Wildman–Crippen LogP) is 3.70. The van der Waals surface area contributed by atoms with Crippen molar-refractivity contribution in [3.05, 3.63) is 98.4 Å². The molecule has 2 aromatic carbocycles. The fraction of sp³-hybridized carbons (Fsp3) is 0.258. The summed E-state index contributed by atoms with van der Waals surface area (Å²) in [7, 11) is -5.71. The van der Waals surface area contributed by atoms with Crippen LogP contribution in [0.5, 0.6) is 11.6 Å². The van der Waals surface area contributed by atoms with Crippen LogP contribution in [0.25, 0.3) is 11.1 Å². The lowest BCUT2D eigenvalue weighted by molar-refractivity contribution is 0.102. The number of hydrogen-bond donors (Lipinski definition) is 5. The number of methoxy groups -OCH3 is 1. The molecule has 0 radical (unpaired) electrons. The van der Waals surface area contributed by atoms with Gasteiger partial charge in [0, 0.05) is 49.1 Å². The molecule has 2 aromatic heterocycles. The third-order valence-corrected chi connectivity index (χ3v) is 9.65. The van der Waals surface area contributed by atoms with Crippen molar-refractivity contribution in [2.45, 2.75) is 19.7 Å². The van der Waals surface area contributed by atoms with Crippen LogP contribution in [0.2, 0.25) is 15.1 Å². The van der Waals surface area contributed by atoms with Crippen molar-refractivity contribution in [3.63, 3.8) is 0 Å². The predicted molar refractivity (Wildman–Crippen MR) is 194 cm³/mol. The fourth-order valence-electron chi connectivity index (χ4n) is 4.50. The van der Waals surface area contributed by atoms with Crippen LogP contribution in [-0.4, -0.2) is 64.4 Å². The number of pyridine rings is 2. The maximum absolute atomic E-state index is 13.0. The van der Waals surface area contributed by atoms with Crippen molar-refractivity contribution in [3.8, 4) is 22.8 Å². The zero-order valence-electron chi connectivity index (χ0n) is 26.6. The Bertz CT molecular complexity index is 2050. The van der Waals surface area contributed by atoms with Crippen LogP contribution in [0.15, 0.2) is 60.8 Å². The highest BCUT2D eigenvalue weighted by molar-refractivity contribution is 7.89. The number of amides is 1. The van der Waals surface area contributed by atoms with E-state index in [1.165, 1.54) is 13.3 Å². The molecule has 0 bridgehead atoms. The standard InChI is InChI=1S/C31H34Cl3N7O7S2/c1-47-31-20(17-38-11-13-50(36,45)46)14-23(32)26(41-31)18-48-27-7-3-5-22(29(27)34)21-4-2-6-24(28(21)33)40-30(42)25-9-8-19(16-39-25)15-37-10-12-49(35,43)44/h2-9,14,16,37-38H,10-13,15,17-18H2,1H3,(H,40,42)(H2,35,43,44)(H2,36,45,46). The molecule has 2 heterocycles. The topological polar surface area (TPSA) is 218 Å². The van der Waals surface area contributed by atoms with E-state index in [1.54, 1.807) is 54.6 Å². The quantitative estimate of drug-likeness (QED) is 0.0973. The first-order chi connectivity index (χ1) is 23.6. The summed E-state index contributed by atoms with van der Waals surface area (Å²) in [6, 6.07) is 15.2. The van der Waals surface area contributed by atoms with Gasteiger partial charge in [0.05, 0.1) is 39.4 Å². The highest BCUT2D eigenvalue weighted by Gasteiger charge is 2.18. The highest BCUT2D eigenvalue weighted by Crippen LogP contribution is 2.41. The molecule has 0 aliphatic carbocycles. The second kappa shape index (κ2) is 17.6. The van der Waals surface area contributed by atoms with Gasteiger partial charge < -0.3 is 25.4 Å². The van der Waals surface area contributed by atoms with Crippen molar-refractivity contribution in [1.82, 2.24) is 20.6 Å². The Morgan fingerprint density at radius 2 is 1.50 bits per heavy atom. The number of carbonyl (C=O) groups is 1. The van der Waals surface area contributed by atoms with Crippen molar-refractivity contribution in [2.24, 2.45) is 10.3 Å². The van der Waals surface area contributed by atoms with Crippen LogP contribution in [0, 0.1) is 0 Å². The van der Waals surface area contributed by atoms with Crippen LogP contribution in [0.1, 0.15) is 27.3 Å². The summed E-state index contributed by atoms with van der Waals surface area (Å²) in [4.78, 5) is 21.7. The minimum Gasteiger partial charge on any atom is -0.486 e. The van der Waals surface area contributed by atoms with Gasteiger partial charge in [-0.3, -0.25) is 9.78 Å². The van der Waals surface area contributed by atoms with E-state index in [4.69, 9.17) is 54.6 Å². The Labute approximate surface area is 304 Å². The molecule has 0 aliphatic rings. The molecule has 14 nitrogen and oxygen atoms in total. The van der Waals surface area contributed by atoms with E-state index in [0.717, 1.165) is 5.56 Å². The number of carbonyl (C=O) groups excluding carboxylic acids is 1. The van der Waals surface area contributed by atoms with Gasteiger partial charge in [-0.1, -0.05) is 65.1 Å². The molecule has 7 N–H and O–H groups in total. The van der Waals surface area contributed by atoms with E-state index < -0.39 is 26.0 Å². The molecular weight excluding hydrogens is 753 g/mol. The number of anilines is 1. The van der Waals surface area contributed by atoms with Crippen molar-refractivity contribution in [2.75, 3.05) is 37.0 Å². The number of benzene rings is 2. The molecule has 0 saturated carbocycles. The maximum atomic E-state index is 13.0. The number of nitrogens with one attached hydrogen (secondary N) is 3. The number of sulfonamides is 2. The first-order valence-electron chi connectivity index (χ1n) is 14.8. The van der Waals surface area contributed by atoms with Gasteiger partial charge in [0.2, 0.25) is 25.9 Å². The van der Waals surface area contributed by atoms with Gasteiger partial charge in [-0.25, -0.2) is 32.1 Å². The van der Waals surface area contributed by atoms with Gasteiger partial charge >= 0.3 is 0 Å². The van der Waals surface area contributed by atoms with Gasteiger partial charge in [-0.05, 0) is 29.8 Å². The number of halogens is 3. The average molecular weight is 787 g/mol. The Balaban J connectivity index is 1.43. The molecule has 4 aromatic rings. The number of nitrogens with two attached hydrogens (primary N) is 2. The minimum absolute atomic E-state index is 0.0568. The SMILES string of the molecule is COc1nc(COc2cccc(-c3cccc(NC(=O)c4ccc(CNCCS(N)(=O)=O)cn4)c3Cl)c2Cl)c(Cl)cc1CNCCS(N)(=O)=O. The third-order valence-electron chi connectivity index (χ3n) is 6.97. The first-order valence-corrected chi connectivity index (χ1v) is 19.3. The lowest BCUT2D eigenvalue weighted by Gasteiger charge is -2.16. The second-order valence-electron chi connectivity index (χ2n) is 10.8. The molecule has 4 rings (SSSR count). The summed E-state index contributed by atoms with van der Waals surface area (Å²) in [5, 5.41) is 19.5. The number of primary sulfonamides is 2. The number of ether oxygens (including phenoxy) is 2. The molecule has 50 heavy (non-hydrogen) atoms. The van der Waals surface area contributed by atoms with Crippen LogP contribution < -0.4 is 35.7 Å². The maximum Gasteiger partial charge on any atom is 0.274 e. The summed E-state index contributed by atoms with van der Waals surface area (Å²) in [5.41, 5.74) is 3.28. The Kier molecular flexibility index (Phi) is 13.8. The van der Waals surface area contributed by atoms with E-state index in [9.17, 15) is 21.6 Å². The van der Waals surface area contributed by atoms with E-state index in [2.05, 4.69) is 25.9 Å². The summed E-state index contributed by atoms with van der Waals surface area (Å²) >= 11 is 20.0. The van der Waals surface area contributed by atoms with E-state index in [0.29, 0.717) is 45.4 Å². The van der Waals surface area contributed by atoms with Crippen LogP contribution in [0.3, 0.4) is 0 Å². The summed E-state index contributed by atoms with van der Waals surface area (Å²) in [6.45, 7) is 0.847. The Morgan fingerprint density at radius 3 is 2.12 bits per heavy atom. The van der Waals surface area contributed by atoms with Crippen LogP contribution in [0.4, 0.5) is 5.69 Å². The van der Waals surface area contributed by atoms with Gasteiger partial charge in [0.25, 0.3) is 5.91 Å². The third kappa shape index (κ3) is 11.5. The zero-order valence-corrected chi connectivity index (χ0v) is 30.5. The molecule has 0 aliphatic heterocycles. The minimum atomic E-state index is -3.60. The summed E-state index contributed by atoms with van der Waals surface area (Å²) in [6.07, 6.45) is 1.51. The van der Waals surface area contributed by atoms with E-state index in [-0.39, 0.29) is 59.4 Å². The normalized spacial score (nSPS) is 11.7. The molecule has 0 unspecified atom stereocenters. The molecule has 0 spiro atoms. The highest BCUT2D eigenvalue weighted by atomic mass is 35.5. The Hall–Kier alpha value is -3.58. The number of rotatable bonds is 17. The van der Waals surface area contributed by atoms with E-state index >= 15 is 0 Å². The summed E-state index contributed by atoms with van der Waals surface area (Å²) in [5.74, 6) is -0.319. The number of hydrogen-bond acceptors (Lipinski definition) is 11. The van der Waals surface area contributed by atoms with Gasteiger partial charge in [0.15, 0.2) is 0 Å². The van der Waals surface area contributed by atoms with Crippen LogP contribution >= 0.6 is 34.8 Å². The molecular formula is C31H34Cl3N7O7S2. The monoisotopic (exact) mass is 785 g/mol. The number of nitrogens with zero attached hydrogens (tertiary/aromatic N) is 2. The Morgan fingerprint density at radius 1 is 0.860 bits per heavy atom. The molecule has 1 amide bonds. The molecule has 19 heteroatoms. The van der Waals surface area contributed by atoms with Gasteiger partial charge in [0.1, 0.15) is 23.7 Å². The second-order valence-corrected chi connectivity index (χ2v) is 15.4. The lowest BCUT2D eigenvalue weighted by Crippen LogP contribution is -2.27. The summed E-state index contributed by atoms with van der Waals surface area (Å²) < 4.78 is 55.9.